The zero-order valence-corrected chi connectivity index (χ0v) is 10.7. The van der Waals surface area contributed by atoms with Gasteiger partial charge in [-0.3, -0.25) is 0 Å². The summed E-state index contributed by atoms with van der Waals surface area (Å²) in [6.45, 7) is 2.92. The fraction of sp³-hybridized carbons (Fsp3) is 0.667. The predicted octanol–water partition coefficient (Wildman–Crippen LogP) is 1.04. The fourth-order valence-corrected chi connectivity index (χ4v) is 2.02. The van der Waals surface area contributed by atoms with Gasteiger partial charge in [0, 0.05) is 26.3 Å². The standard InChI is InChI=1S/C12H20N4O2/c1-17-8-12-15-10(13)5-11(16-12)14-6-9-3-2-4-18-7-9/h5,9H,2-4,6-8H2,1H3,(H3,13,14,15,16). The van der Waals surface area contributed by atoms with E-state index in [9.17, 15) is 0 Å². The lowest BCUT2D eigenvalue weighted by atomic mass is 10.0. The third kappa shape index (κ3) is 3.82. The first-order chi connectivity index (χ1) is 8.78. The molecule has 1 unspecified atom stereocenters. The van der Waals surface area contributed by atoms with E-state index >= 15 is 0 Å². The Kier molecular flexibility index (Phi) is 4.72. The summed E-state index contributed by atoms with van der Waals surface area (Å²) in [6.07, 6.45) is 2.33. The number of nitrogens with one attached hydrogen (secondary N) is 1. The second kappa shape index (κ2) is 6.51. The van der Waals surface area contributed by atoms with Crippen molar-refractivity contribution in [3.05, 3.63) is 11.9 Å². The number of ether oxygens (including phenoxy) is 2. The molecule has 1 atom stereocenters. The van der Waals surface area contributed by atoms with Crippen LogP contribution in [0.2, 0.25) is 0 Å². The average molecular weight is 252 g/mol. The number of nitrogen functional groups attached to an aromatic ring is 1. The van der Waals surface area contributed by atoms with Gasteiger partial charge in [0.05, 0.1) is 6.61 Å². The molecule has 1 fully saturated rings. The molecule has 0 spiro atoms. The van der Waals surface area contributed by atoms with Crippen molar-refractivity contribution in [3.63, 3.8) is 0 Å². The van der Waals surface area contributed by atoms with Crippen LogP contribution in [-0.2, 0) is 16.1 Å². The molecule has 6 nitrogen and oxygen atoms in total. The lowest BCUT2D eigenvalue weighted by Gasteiger charge is -2.22. The van der Waals surface area contributed by atoms with E-state index in [0.29, 0.717) is 24.2 Å². The molecule has 0 aromatic carbocycles. The molecule has 0 radical (unpaired) electrons. The van der Waals surface area contributed by atoms with E-state index in [2.05, 4.69) is 15.3 Å². The molecule has 3 N–H and O–H groups in total. The van der Waals surface area contributed by atoms with Gasteiger partial charge in [0.25, 0.3) is 0 Å². The second-order valence-corrected chi connectivity index (χ2v) is 4.49. The maximum Gasteiger partial charge on any atom is 0.158 e. The Morgan fingerprint density at radius 3 is 3.17 bits per heavy atom. The summed E-state index contributed by atoms with van der Waals surface area (Å²) in [5.74, 6) is 2.35. The maximum atomic E-state index is 5.73. The van der Waals surface area contributed by atoms with Gasteiger partial charge < -0.3 is 20.5 Å². The van der Waals surface area contributed by atoms with Gasteiger partial charge in [-0.1, -0.05) is 0 Å². The lowest BCUT2D eigenvalue weighted by molar-refractivity contribution is 0.0595. The molecular weight excluding hydrogens is 232 g/mol. The number of rotatable bonds is 5. The minimum Gasteiger partial charge on any atom is -0.384 e. The quantitative estimate of drug-likeness (QED) is 0.815. The zero-order valence-electron chi connectivity index (χ0n) is 10.7. The minimum absolute atomic E-state index is 0.367. The summed E-state index contributed by atoms with van der Waals surface area (Å²) >= 11 is 0. The first-order valence-electron chi connectivity index (χ1n) is 6.22. The highest BCUT2D eigenvalue weighted by molar-refractivity contribution is 5.44. The number of hydrogen-bond donors (Lipinski definition) is 2. The first kappa shape index (κ1) is 13.0. The SMILES string of the molecule is COCc1nc(N)cc(NCC2CCCOC2)n1. The molecule has 1 aromatic heterocycles. The Hall–Kier alpha value is -1.40. The van der Waals surface area contributed by atoms with Crippen LogP contribution in [0.15, 0.2) is 6.07 Å². The van der Waals surface area contributed by atoms with Gasteiger partial charge in [0.2, 0.25) is 0 Å². The van der Waals surface area contributed by atoms with Crippen molar-refractivity contribution in [1.29, 1.82) is 0 Å². The monoisotopic (exact) mass is 252 g/mol. The molecule has 0 amide bonds. The van der Waals surface area contributed by atoms with Crippen LogP contribution in [0.25, 0.3) is 0 Å². The zero-order chi connectivity index (χ0) is 12.8. The molecule has 1 aliphatic rings. The highest BCUT2D eigenvalue weighted by Gasteiger charge is 2.13. The Labute approximate surface area is 107 Å². The highest BCUT2D eigenvalue weighted by Crippen LogP contribution is 2.15. The largest absolute Gasteiger partial charge is 0.384 e. The van der Waals surface area contributed by atoms with Gasteiger partial charge in [0.1, 0.15) is 18.2 Å². The predicted molar refractivity (Wildman–Crippen MR) is 69.2 cm³/mol. The topological polar surface area (TPSA) is 82.3 Å². The van der Waals surface area contributed by atoms with Gasteiger partial charge in [-0.15, -0.1) is 0 Å². The van der Waals surface area contributed by atoms with E-state index < -0.39 is 0 Å². The van der Waals surface area contributed by atoms with Crippen molar-refractivity contribution in [2.24, 2.45) is 5.92 Å². The van der Waals surface area contributed by atoms with E-state index in [-0.39, 0.29) is 0 Å². The smallest absolute Gasteiger partial charge is 0.158 e. The molecule has 1 saturated heterocycles. The van der Waals surface area contributed by atoms with Crippen LogP contribution in [0.3, 0.4) is 0 Å². The Bertz CT molecular complexity index is 380. The van der Waals surface area contributed by atoms with Crippen molar-refractivity contribution in [2.75, 3.05) is 37.9 Å². The normalized spacial score (nSPS) is 19.7. The molecule has 6 heteroatoms. The van der Waals surface area contributed by atoms with E-state index in [1.54, 1.807) is 13.2 Å². The Morgan fingerprint density at radius 1 is 1.56 bits per heavy atom. The van der Waals surface area contributed by atoms with Crippen LogP contribution in [0.5, 0.6) is 0 Å². The minimum atomic E-state index is 0.367. The fourth-order valence-electron chi connectivity index (χ4n) is 2.02. The number of methoxy groups -OCH3 is 1. The van der Waals surface area contributed by atoms with Crippen LogP contribution in [0, 0.1) is 5.92 Å². The molecule has 2 rings (SSSR count). The van der Waals surface area contributed by atoms with Crippen LogP contribution in [0.4, 0.5) is 11.6 Å². The Morgan fingerprint density at radius 2 is 2.44 bits per heavy atom. The van der Waals surface area contributed by atoms with Crippen LogP contribution in [-0.4, -0.2) is 36.8 Å². The summed E-state index contributed by atoms with van der Waals surface area (Å²) in [5.41, 5.74) is 5.73. The summed E-state index contributed by atoms with van der Waals surface area (Å²) in [5, 5.41) is 3.29. The molecule has 18 heavy (non-hydrogen) atoms. The number of aromatic nitrogens is 2. The third-order valence-corrected chi connectivity index (χ3v) is 2.89. The van der Waals surface area contributed by atoms with Crippen LogP contribution >= 0.6 is 0 Å². The summed E-state index contributed by atoms with van der Waals surface area (Å²) in [6, 6.07) is 1.74. The molecule has 2 heterocycles. The summed E-state index contributed by atoms with van der Waals surface area (Å²) in [7, 11) is 1.61. The number of nitrogens with two attached hydrogens (primary N) is 1. The van der Waals surface area contributed by atoms with Crippen molar-refractivity contribution >= 4 is 11.6 Å². The van der Waals surface area contributed by atoms with Gasteiger partial charge in [-0.05, 0) is 18.8 Å². The van der Waals surface area contributed by atoms with Crippen LogP contribution in [0.1, 0.15) is 18.7 Å². The summed E-state index contributed by atoms with van der Waals surface area (Å²) < 4.78 is 10.4. The Balaban J connectivity index is 1.91. The van der Waals surface area contributed by atoms with Crippen molar-refractivity contribution in [1.82, 2.24) is 9.97 Å². The molecule has 1 aliphatic heterocycles. The van der Waals surface area contributed by atoms with Gasteiger partial charge >= 0.3 is 0 Å². The van der Waals surface area contributed by atoms with Crippen molar-refractivity contribution in [3.8, 4) is 0 Å². The highest BCUT2D eigenvalue weighted by atomic mass is 16.5. The van der Waals surface area contributed by atoms with Gasteiger partial charge in [0.15, 0.2) is 5.82 Å². The third-order valence-electron chi connectivity index (χ3n) is 2.89. The average Bonchev–Trinajstić information content (AvgIpc) is 2.37. The molecule has 0 aliphatic carbocycles. The molecule has 1 aromatic rings. The van der Waals surface area contributed by atoms with Crippen molar-refractivity contribution in [2.45, 2.75) is 19.4 Å². The second-order valence-electron chi connectivity index (χ2n) is 4.49. The number of nitrogens with zero attached hydrogens (tertiary/aromatic N) is 2. The first-order valence-corrected chi connectivity index (χ1v) is 6.22. The maximum absolute atomic E-state index is 5.73. The van der Waals surface area contributed by atoms with Crippen LogP contribution < -0.4 is 11.1 Å². The van der Waals surface area contributed by atoms with E-state index in [4.69, 9.17) is 15.2 Å². The number of anilines is 2. The molecule has 0 bridgehead atoms. The van der Waals surface area contributed by atoms with E-state index in [0.717, 1.165) is 32.0 Å². The van der Waals surface area contributed by atoms with Gasteiger partial charge in [-0.25, -0.2) is 9.97 Å². The van der Waals surface area contributed by atoms with Gasteiger partial charge in [-0.2, -0.15) is 0 Å². The van der Waals surface area contributed by atoms with E-state index in [1.807, 2.05) is 0 Å². The molecule has 100 valence electrons. The molecular formula is C12H20N4O2. The van der Waals surface area contributed by atoms with E-state index in [1.165, 1.54) is 6.42 Å². The summed E-state index contributed by atoms with van der Waals surface area (Å²) in [4.78, 5) is 8.43. The molecule has 0 saturated carbocycles. The lowest BCUT2D eigenvalue weighted by Crippen LogP contribution is -2.24. The number of hydrogen-bond acceptors (Lipinski definition) is 6. The van der Waals surface area contributed by atoms with Crippen molar-refractivity contribution < 1.29 is 9.47 Å².